The third-order valence-corrected chi connectivity index (χ3v) is 2.90. The summed E-state index contributed by atoms with van der Waals surface area (Å²) in [6, 6.07) is -0.910. The van der Waals surface area contributed by atoms with Crippen LogP contribution in [-0.4, -0.2) is 52.2 Å². The lowest BCUT2D eigenvalue weighted by molar-refractivity contribution is -0.137. The predicted molar refractivity (Wildman–Crippen MR) is 61.1 cm³/mol. The molecule has 0 saturated carbocycles. The van der Waals surface area contributed by atoms with E-state index < -0.39 is 12.0 Å². The Kier molecular flexibility index (Phi) is 7.10. The Hall–Kier alpha value is -0.790. The van der Waals surface area contributed by atoms with Crippen LogP contribution in [0.2, 0.25) is 0 Å². The minimum absolute atomic E-state index is 0.0756. The van der Waals surface area contributed by atoms with Gasteiger partial charge in [-0.2, -0.15) is 11.8 Å². The van der Waals surface area contributed by atoms with Gasteiger partial charge in [0, 0.05) is 11.0 Å². The van der Waals surface area contributed by atoms with Gasteiger partial charge in [-0.15, -0.1) is 0 Å². The first-order chi connectivity index (χ1) is 6.97. The Morgan fingerprint density at radius 1 is 1.60 bits per heavy atom. The van der Waals surface area contributed by atoms with Crippen LogP contribution in [0.5, 0.6) is 0 Å². The first-order valence-electron chi connectivity index (χ1n) is 4.44. The van der Waals surface area contributed by atoms with Crippen LogP contribution in [0, 0.1) is 0 Å². The largest absolute Gasteiger partial charge is 0.480 e. The van der Waals surface area contributed by atoms with Crippen molar-refractivity contribution in [3.8, 4) is 0 Å². The molecule has 0 aliphatic carbocycles. The molecule has 2 atom stereocenters. The van der Waals surface area contributed by atoms with Crippen LogP contribution < -0.4 is 11.5 Å². The van der Waals surface area contributed by atoms with E-state index in [9.17, 15) is 4.79 Å². The summed E-state index contributed by atoms with van der Waals surface area (Å²) in [5, 5.41) is 17.4. The van der Waals surface area contributed by atoms with Gasteiger partial charge in [-0.05, 0) is 6.92 Å². The van der Waals surface area contributed by atoms with E-state index in [1.54, 1.807) is 6.92 Å². The standard InChI is InChI=1S/C8H17N3O3S/c1-5(9)11-2-6(3-12)15-4-7(10)8(13)14/h6-7,12H,2-4,10H2,1H3,(H2,9,11)(H,13,14)/t6?,7-/m0/s1. The lowest BCUT2D eigenvalue weighted by Gasteiger charge is -2.13. The van der Waals surface area contributed by atoms with Crippen molar-refractivity contribution in [3.63, 3.8) is 0 Å². The van der Waals surface area contributed by atoms with Gasteiger partial charge >= 0.3 is 5.97 Å². The molecule has 0 aliphatic rings. The number of hydrogen-bond acceptors (Lipinski definition) is 5. The molecule has 15 heavy (non-hydrogen) atoms. The minimum atomic E-state index is -1.04. The molecule has 0 saturated heterocycles. The number of carbonyl (C=O) groups is 1. The van der Waals surface area contributed by atoms with E-state index in [-0.39, 0.29) is 17.6 Å². The lowest BCUT2D eigenvalue weighted by Crippen LogP contribution is -2.33. The molecule has 0 bridgehead atoms. The second-order valence-electron chi connectivity index (χ2n) is 3.06. The maximum absolute atomic E-state index is 10.4. The topological polar surface area (TPSA) is 122 Å². The molecule has 0 fully saturated rings. The third-order valence-electron chi connectivity index (χ3n) is 1.58. The molecular weight excluding hydrogens is 218 g/mol. The third kappa shape index (κ3) is 7.18. The number of aliphatic hydroxyl groups excluding tert-OH is 1. The van der Waals surface area contributed by atoms with Crippen LogP contribution in [0.1, 0.15) is 6.92 Å². The fraction of sp³-hybridized carbons (Fsp3) is 0.750. The molecule has 0 aromatic carbocycles. The molecule has 0 aliphatic heterocycles. The van der Waals surface area contributed by atoms with Crippen molar-refractivity contribution >= 4 is 23.6 Å². The van der Waals surface area contributed by atoms with E-state index >= 15 is 0 Å². The molecule has 0 radical (unpaired) electrons. The molecule has 6 nitrogen and oxygen atoms in total. The number of carboxylic acids is 1. The Balaban J connectivity index is 3.90. The zero-order chi connectivity index (χ0) is 11.8. The summed E-state index contributed by atoms with van der Waals surface area (Å²) >= 11 is 1.28. The van der Waals surface area contributed by atoms with Gasteiger partial charge in [-0.3, -0.25) is 9.79 Å². The highest BCUT2D eigenvalue weighted by atomic mass is 32.2. The number of hydrogen-bond donors (Lipinski definition) is 4. The molecule has 0 rings (SSSR count). The second kappa shape index (κ2) is 7.49. The van der Waals surface area contributed by atoms with Gasteiger partial charge in [0.25, 0.3) is 0 Å². The smallest absolute Gasteiger partial charge is 0.321 e. The van der Waals surface area contributed by atoms with Crippen LogP contribution >= 0.6 is 11.8 Å². The Morgan fingerprint density at radius 2 is 2.20 bits per heavy atom. The predicted octanol–water partition coefficient (Wildman–Crippen LogP) is -1.13. The molecule has 0 aromatic heterocycles. The molecule has 0 amide bonds. The van der Waals surface area contributed by atoms with Gasteiger partial charge < -0.3 is 21.7 Å². The summed E-state index contributed by atoms with van der Waals surface area (Å²) in [6.45, 7) is 1.95. The van der Waals surface area contributed by atoms with E-state index in [1.165, 1.54) is 11.8 Å². The number of aliphatic imine (C=N–C) groups is 1. The van der Waals surface area contributed by atoms with Crippen molar-refractivity contribution in [3.05, 3.63) is 0 Å². The van der Waals surface area contributed by atoms with Crippen molar-refractivity contribution in [2.45, 2.75) is 18.2 Å². The van der Waals surface area contributed by atoms with Crippen LogP contribution in [-0.2, 0) is 4.79 Å². The van der Waals surface area contributed by atoms with Gasteiger partial charge in [0.05, 0.1) is 19.0 Å². The molecule has 7 heteroatoms. The number of aliphatic hydroxyl groups is 1. The molecule has 6 N–H and O–H groups in total. The monoisotopic (exact) mass is 235 g/mol. The highest BCUT2D eigenvalue weighted by Crippen LogP contribution is 2.11. The van der Waals surface area contributed by atoms with Gasteiger partial charge in [-0.1, -0.05) is 0 Å². The van der Waals surface area contributed by atoms with E-state index in [0.717, 1.165) is 0 Å². The zero-order valence-corrected chi connectivity index (χ0v) is 9.41. The average molecular weight is 235 g/mol. The van der Waals surface area contributed by atoms with Gasteiger partial charge in [0.15, 0.2) is 0 Å². The maximum atomic E-state index is 10.4. The van der Waals surface area contributed by atoms with Crippen LogP contribution in [0.4, 0.5) is 0 Å². The van der Waals surface area contributed by atoms with Crippen molar-refractivity contribution in [1.29, 1.82) is 0 Å². The summed E-state index contributed by atoms with van der Waals surface area (Å²) in [4.78, 5) is 14.4. The summed E-state index contributed by atoms with van der Waals surface area (Å²) < 4.78 is 0. The van der Waals surface area contributed by atoms with Crippen molar-refractivity contribution in [2.75, 3.05) is 18.9 Å². The number of thioether (sulfide) groups is 1. The van der Waals surface area contributed by atoms with Crippen LogP contribution in [0.15, 0.2) is 4.99 Å². The Morgan fingerprint density at radius 3 is 2.60 bits per heavy atom. The normalized spacial score (nSPS) is 16.1. The van der Waals surface area contributed by atoms with E-state index in [4.69, 9.17) is 21.7 Å². The number of nitrogens with zero attached hydrogens (tertiary/aromatic N) is 1. The Bertz CT molecular complexity index is 231. The van der Waals surface area contributed by atoms with Crippen LogP contribution in [0.25, 0.3) is 0 Å². The molecule has 88 valence electrons. The van der Waals surface area contributed by atoms with E-state index in [1.807, 2.05) is 0 Å². The maximum Gasteiger partial charge on any atom is 0.321 e. The van der Waals surface area contributed by atoms with Gasteiger partial charge in [0.1, 0.15) is 6.04 Å². The number of rotatable bonds is 7. The molecular formula is C8H17N3O3S. The lowest BCUT2D eigenvalue weighted by atomic mass is 10.4. The summed E-state index contributed by atoms with van der Waals surface area (Å²) in [5.74, 6) is -0.353. The Labute approximate surface area is 92.7 Å². The van der Waals surface area contributed by atoms with Crippen LogP contribution in [0.3, 0.4) is 0 Å². The second-order valence-corrected chi connectivity index (χ2v) is 4.40. The fourth-order valence-corrected chi connectivity index (χ4v) is 1.63. The zero-order valence-electron chi connectivity index (χ0n) is 8.59. The average Bonchev–Trinajstić information content (AvgIpc) is 2.17. The van der Waals surface area contributed by atoms with Crippen molar-refractivity contribution in [1.82, 2.24) is 0 Å². The van der Waals surface area contributed by atoms with E-state index in [0.29, 0.717) is 12.4 Å². The van der Waals surface area contributed by atoms with E-state index in [2.05, 4.69) is 4.99 Å². The fourth-order valence-electron chi connectivity index (χ4n) is 0.720. The minimum Gasteiger partial charge on any atom is -0.480 e. The van der Waals surface area contributed by atoms with Crippen molar-refractivity contribution < 1.29 is 15.0 Å². The molecule has 0 heterocycles. The number of nitrogens with two attached hydrogens (primary N) is 2. The highest BCUT2D eigenvalue weighted by Gasteiger charge is 2.15. The molecule has 0 aromatic rings. The first kappa shape index (κ1) is 14.2. The number of aliphatic carboxylic acids is 1. The highest BCUT2D eigenvalue weighted by molar-refractivity contribution is 8.00. The summed E-state index contributed by atoms with van der Waals surface area (Å²) in [7, 11) is 0. The first-order valence-corrected chi connectivity index (χ1v) is 5.49. The van der Waals surface area contributed by atoms with Gasteiger partial charge in [-0.25, -0.2) is 0 Å². The van der Waals surface area contributed by atoms with Crippen molar-refractivity contribution in [2.24, 2.45) is 16.5 Å². The SMILES string of the molecule is CC(N)=NCC(CO)SC[C@H](N)C(=O)O. The quantitative estimate of drug-likeness (QED) is 0.327. The number of amidine groups is 1. The summed E-state index contributed by atoms with van der Waals surface area (Å²) in [5.41, 5.74) is 10.7. The molecule has 1 unspecified atom stereocenters. The van der Waals surface area contributed by atoms with Gasteiger partial charge in [0.2, 0.25) is 0 Å². The molecule has 0 spiro atoms. The number of carboxylic acid groups (broad SMARTS) is 1. The summed E-state index contributed by atoms with van der Waals surface area (Å²) in [6.07, 6.45) is 0.